The monoisotopic (exact) mass is 363 g/mol. The third-order valence-electron chi connectivity index (χ3n) is 5.49. The first-order valence-electron chi connectivity index (χ1n) is 10.1. The zero-order valence-electron chi connectivity index (χ0n) is 16.0. The van der Waals surface area contributed by atoms with E-state index in [2.05, 4.69) is 73.2 Å². The molecule has 5 heteroatoms. The van der Waals surface area contributed by atoms with Gasteiger partial charge in [-0.2, -0.15) is 0 Å². The summed E-state index contributed by atoms with van der Waals surface area (Å²) in [6.45, 7) is 7.44. The molecule has 2 aromatic rings. The first-order valence-corrected chi connectivity index (χ1v) is 10.1. The van der Waals surface area contributed by atoms with Crippen LogP contribution in [-0.2, 0) is 0 Å². The third-order valence-corrected chi connectivity index (χ3v) is 5.49. The van der Waals surface area contributed by atoms with Crippen LogP contribution in [0.3, 0.4) is 0 Å². The van der Waals surface area contributed by atoms with Crippen molar-refractivity contribution in [3.05, 3.63) is 54.4 Å². The number of piperazine rings is 1. The molecular formula is C22H29N5. The number of piperidine rings is 1. The second-order valence-electron chi connectivity index (χ2n) is 7.38. The summed E-state index contributed by atoms with van der Waals surface area (Å²) in [7, 11) is 0. The molecule has 0 atom stereocenters. The number of hydrogen-bond donors (Lipinski definition) is 0. The van der Waals surface area contributed by atoms with Crippen molar-refractivity contribution >= 4 is 17.7 Å². The highest BCUT2D eigenvalue weighted by atomic mass is 15.3. The maximum atomic E-state index is 4.54. The van der Waals surface area contributed by atoms with E-state index in [0.717, 1.165) is 57.4 Å². The fourth-order valence-corrected chi connectivity index (χ4v) is 3.87. The molecule has 2 aliphatic heterocycles. The SMILES string of the molecule is C(=C\c1ccccc1)/CN1CCN(c2cc(N3CCCCC3)ncn2)CC1. The minimum Gasteiger partial charge on any atom is -0.356 e. The van der Waals surface area contributed by atoms with Crippen molar-refractivity contribution in [2.45, 2.75) is 19.3 Å². The lowest BCUT2D eigenvalue weighted by Gasteiger charge is -2.35. The van der Waals surface area contributed by atoms with Crippen molar-refractivity contribution in [1.82, 2.24) is 14.9 Å². The van der Waals surface area contributed by atoms with Crippen LogP contribution in [0, 0.1) is 0 Å². The first kappa shape index (κ1) is 18.0. The van der Waals surface area contributed by atoms with Gasteiger partial charge in [0.15, 0.2) is 0 Å². The lowest BCUT2D eigenvalue weighted by Crippen LogP contribution is -2.46. The highest BCUT2D eigenvalue weighted by Gasteiger charge is 2.19. The van der Waals surface area contributed by atoms with Crippen LogP contribution in [0.1, 0.15) is 24.8 Å². The standard InChI is InChI=1S/C22H29N5/c1-3-8-20(9-4-1)10-7-11-25-14-16-27(17-15-25)22-18-21(23-19-24-22)26-12-5-2-6-13-26/h1,3-4,7-10,18-19H,2,5-6,11-17H2/b10-7+. The van der Waals surface area contributed by atoms with Gasteiger partial charge in [0, 0.05) is 51.9 Å². The van der Waals surface area contributed by atoms with E-state index in [1.807, 2.05) is 0 Å². The molecule has 0 N–H and O–H groups in total. The van der Waals surface area contributed by atoms with Gasteiger partial charge in [-0.05, 0) is 24.8 Å². The van der Waals surface area contributed by atoms with Crippen molar-refractivity contribution in [3.8, 4) is 0 Å². The largest absolute Gasteiger partial charge is 0.356 e. The molecule has 1 aromatic heterocycles. The van der Waals surface area contributed by atoms with E-state index >= 15 is 0 Å². The van der Waals surface area contributed by atoms with Gasteiger partial charge in [0.2, 0.25) is 0 Å². The van der Waals surface area contributed by atoms with E-state index in [4.69, 9.17) is 0 Å². The Bertz CT molecular complexity index is 731. The van der Waals surface area contributed by atoms with Gasteiger partial charge in [-0.3, -0.25) is 4.90 Å². The molecule has 0 radical (unpaired) electrons. The fourth-order valence-electron chi connectivity index (χ4n) is 3.87. The van der Waals surface area contributed by atoms with Gasteiger partial charge in [0.1, 0.15) is 18.0 Å². The normalized spacial score (nSPS) is 19.0. The molecule has 2 aliphatic rings. The summed E-state index contributed by atoms with van der Waals surface area (Å²) in [6, 6.07) is 12.7. The summed E-state index contributed by atoms with van der Waals surface area (Å²) in [5, 5.41) is 0. The molecule has 27 heavy (non-hydrogen) atoms. The van der Waals surface area contributed by atoms with Gasteiger partial charge in [-0.15, -0.1) is 0 Å². The van der Waals surface area contributed by atoms with Gasteiger partial charge in [-0.1, -0.05) is 42.5 Å². The molecular weight excluding hydrogens is 334 g/mol. The Labute approximate surface area is 162 Å². The van der Waals surface area contributed by atoms with Gasteiger partial charge in [0.05, 0.1) is 0 Å². The second-order valence-corrected chi connectivity index (χ2v) is 7.38. The lowest BCUT2D eigenvalue weighted by atomic mass is 10.1. The highest BCUT2D eigenvalue weighted by molar-refractivity contribution is 5.51. The maximum Gasteiger partial charge on any atom is 0.134 e. The van der Waals surface area contributed by atoms with Crippen molar-refractivity contribution in [2.75, 3.05) is 55.6 Å². The van der Waals surface area contributed by atoms with Crippen molar-refractivity contribution < 1.29 is 0 Å². The molecule has 2 saturated heterocycles. The molecule has 0 unspecified atom stereocenters. The Balaban J connectivity index is 1.29. The Morgan fingerprint density at radius 3 is 2.15 bits per heavy atom. The van der Waals surface area contributed by atoms with Crippen LogP contribution in [0.2, 0.25) is 0 Å². The topological polar surface area (TPSA) is 35.5 Å². The number of rotatable bonds is 5. The highest BCUT2D eigenvalue weighted by Crippen LogP contribution is 2.22. The smallest absolute Gasteiger partial charge is 0.134 e. The number of hydrogen-bond acceptors (Lipinski definition) is 5. The van der Waals surface area contributed by atoms with E-state index in [0.29, 0.717) is 0 Å². The Hall–Kier alpha value is -2.40. The van der Waals surface area contributed by atoms with Gasteiger partial charge >= 0.3 is 0 Å². The Morgan fingerprint density at radius 1 is 0.778 bits per heavy atom. The quantitative estimate of drug-likeness (QED) is 0.814. The zero-order valence-corrected chi connectivity index (χ0v) is 16.0. The van der Waals surface area contributed by atoms with Crippen LogP contribution in [0.4, 0.5) is 11.6 Å². The van der Waals surface area contributed by atoms with Crippen LogP contribution in [0.25, 0.3) is 6.08 Å². The summed E-state index contributed by atoms with van der Waals surface area (Å²) < 4.78 is 0. The Morgan fingerprint density at radius 2 is 1.44 bits per heavy atom. The van der Waals surface area contributed by atoms with Gasteiger partial charge < -0.3 is 9.80 Å². The van der Waals surface area contributed by atoms with Crippen LogP contribution >= 0.6 is 0 Å². The molecule has 2 fully saturated rings. The summed E-state index contributed by atoms with van der Waals surface area (Å²) in [5.74, 6) is 2.16. The van der Waals surface area contributed by atoms with Gasteiger partial charge in [0.25, 0.3) is 0 Å². The molecule has 3 heterocycles. The molecule has 5 nitrogen and oxygen atoms in total. The van der Waals surface area contributed by atoms with E-state index in [1.165, 1.54) is 24.8 Å². The van der Waals surface area contributed by atoms with Crippen molar-refractivity contribution in [2.24, 2.45) is 0 Å². The predicted octanol–water partition coefficient (Wildman–Crippen LogP) is 3.30. The molecule has 0 aliphatic carbocycles. The lowest BCUT2D eigenvalue weighted by molar-refractivity contribution is 0.283. The molecule has 142 valence electrons. The predicted molar refractivity (Wildman–Crippen MR) is 112 cm³/mol. The summed E-state index contributed by atoms with van der Waals surface area (Å²) in [4.78, 5) is 16.4. The zero-order chi connectivity index (χ0) is 18.3. The van der Waals surface area contributed by atoms with E-state index in [-0.39, 0.29) is 0 Å². The molecule has 0 spiro atoms. The molecule has 4 rings (SSSR count). The van der Waals surface area contributed by atoms with Crippen LogP contribution in [-0.4, -0.2) is 60.7 Å². The third kappa shape index (κ3) is 4.86. The van der Waals surface area contributed by atoms with Crippen LogP contribution in [0.5, 0.6) is 0 Å². The first-order chi connectivity index (χ1) is 13.4. The maximum absolute atomic E-state index is 4.54. The fraction of sp³-hybridized carbons (Fsp3) is 0.455. The number of aromatic nitrogens is 2. The van der Waals surface area contributed by atoms with Crippen LogP contribution < -0.4 is 9.80 Å². The number of anilines is 2. The summed E-state index contributed by atoms with van der Waals surface area (Å²) >= 11 is 0. The average molecular weight is 364 g/mol. The molecule has 0 saturated carbocycles. The van der Waals surface area contributed by atoms with Crippen molar-refractivity contribution in [1.29, 1.82) is 0 Å². The van der Waals surface area contributed by atoms with E-state index < -0.39 is 0 Å². The molecule has 0 bridgehead atoms. The number of benzene rings is 1. The minimum absolute atomic E-state index is 1.01. The number of nitrogens with zero attached hydrogens (tertiary/aromatic N) is 5. The van der Waals surface area contributed by atoms with E-state index in [9.17, 15) is 0 Å². The summed E-state index contributed by atoms with van der Waals surface area (Å²) in [5.41, 5.74) is 1.27. The van der Waals surface area contributed by atoms with Crippen molar-refractivity contribution in [3.63, 3.8) is 0 Å². The minimum atomic E-state index is 1.01. The molecule has 1 aromatic carbocycles. The van der Waals surface area contributed by atoms with E-state index in [1.54, 1.807) is 6.33 Å². The van der Waals surface area contributed by atoms with Gasteiger partial charge in [-0.25, -0.2) is 9.97 Å². The van der Waals surface area contributed by atoms with Crippen LogP contribution in [0.15, 0.2) is 48.8 Å². The average Bonchev–Trinajstić information content (AvgIpc) is 2.76. The second kappa shape index (κ2) is 9.00. The Kier molecular flexibility index (Phi) is 5.99. The summed E-state index contributed by atoms with van der Waals surface area (Å²) in [6.07, 6.45) is 10.1. The molecule has 0 amide bonds.